The number of carbonyl (C=O) groups excluding carboxylic acids is 2. The van der Waals surface area contributed by atoms with E-state index in [0.717, 1.165) is 11.4 Å². The van der Waals surface area contributed by atoms with Crippen LogP contribution in [0.25, 0.3) is 0 Å². The van der Waals surface area contributed by atoms with Crippen molar-refractivity contribution >= 4 is 29.0 Å². The van der Waals surface area contributed by atoms with E-state index in [1.807, 2.05) is 18.2 Å². The number of pyridine rings is 1. The molecule has 0 fully saturated rings. The summed E-state index contributed by atoms with van der Waals surface area (Å²) in [7, 11) is 0. The van der Waals surface area contributed by atoms with E-state index >= 15 is 0 Å². The van der Waals surface area contributed by atoms with E-state index < -0.39 is 0 Å². The lowest BCUT2D eigenvalue weighted by Crippen LogP contribution is -2.24. The van der Waals surface area contributed by atoms with E-state index in [2.05, 4.69) is 31.1 Å². The molecule has 27 heavy (non-hydrogen) atoms. The van der Waals surface area contributed by atoms with Gasteiger partial charge in [0.25, 0.3) is 5.91 Å². The van der Waals surface area contributed by atoms with Gasteiger partial charge in [-0.2, -0.15) is 0 Å². The molecule has 136 valence electrons. The van der Waals surface area contributed by atoms with Crippen LogP contribution in [0.4, 0.5) is 17.2 Å². The van der Waals surface area contributed by atoms with Crippen molar-refractivity contribution in [3.63, 3.8) is 0 Å². The standard InChI is InChI=1S/C19H18N6O2/c1-13(26)22-14-5-7-15(8-6-14)23-18-10-9-17(24-25-18)19(27)21-12-16-4-2-3-11-20-16/h2-11H,12H2,1H3,(H,21,27)(H,22,26)(H,23,25). The Bertz CT molecular complexity index is 911. The number of amides is 2. The Labute approximate surface area is 156 Å². The monoisotopic (exact) mass is 362 g/mol. The van der Waals surface area contributed by atoms with Gasteiger partial charge in [0.1, 0.15) is 0 Å². The lowest BCUT2D eigenvalue weighted by Gasteiger charge is -2.07. The normalized spacial score (nSPS) is 10.1. The Kier molecular flexibility index (Phi) is 5.68. The second-order valence-electron chi connectivity index (χ2n) is 5.69. The summed E-state index contributed by atoms with van der Waals surface area (Å²) in [6, 6.07) is 15.9. The number of nitrogens with zero attached hydrogens (tertiary/aromatic N) is 3. The smallest absolute Gasteiger partial charge is 0.272 e. The summed E-state index contributed by atoms with van der Waals surface area (Å²) in [5.74, 6) is 0.0569. The largest absolute Gasteiger partial charge is 0.345 e. The predicted octanol–water partition coefficient (Wildman–Crippen LogP) is 2.50. The van der Waals surface area contributed by atoms with Crippen LogP contribution in [0.3, 0.4) is 0 Å². The molecular formula is C19H18N6O2. The van der Waals surface area contributed by atoms with Crippen molar-refractivity contribution in [3.8, 4) is 0 Å². The van der Waals surface area contributed by atoms with Crippen LogP contribution in [-0.4, -0.2) is 27.0 Å². The average molecular weight is 362 g/mol. The van der Waals surface area contributed by atoms with Crippen molar-refractivity contribution in [2.45, 2.75) is 13.5 Å². The second-order valence-corrected chi connectivity index (χ2v) is 5.69. The van der Waals surface area contributed by atoms with Gasteiger partial charge in [-0.1, -0.05) is 6.07 Å². The lowest BCUT2D eigenvalue weighted by molar-refractivity contribution is -0.114. The third-order valence-corrected chi connectivity index (χ3v) is 3.53. The molecule has 0 bridgehead atoms. The Morgan fingerprint density at radius 2 is 1.70 bits per heavy atom. The Morgan fingerprint density at radius 1 is 0.926 bits per heavy atom. The number of aromatic nitrogens is 3. The van der Waals surface area contributed by atoms with Gasteiger partial charge in [-0.15, -0.1) is 10.2 Å². The number of rotatable bonds is 6. The van der Waals surface area contributed by atoms with Crippen LogP contribution < -0.4 is 16.0 Å². The summed E-state index contributed by atoms with van der Waals surface area (Å²) in [5.41, 5.74) is 2.47. The molecular weight excluding hydrogens is 344 g/mol. The van der Waals surface area contributed by atoms with Crippen LogP contribution in [0.15, 0.2) is 60.8 Å². The Morgan fingerprint density at radius 3 is 2.33 bits per heavy atom. The zero-order chi connectivity index (χ0) is 19.1. The maximum Gasteiger partial charge on any atom is 0.272 e. The molecule has 0 saturated heterocycles. The van der Waals surface area contributed by atoms with E-state index in [-0.39, 0.29) is 17.5 Å². The molecule has 3 N–H and O–H groups in total. The summed E-state index contributed by atoms with van der Waals surface area (Å²) in [5, 5.41) is 16.5. The number of benzene rings is 1. The molecule has 0 aliphatic rings. The van der Waals surface area contributed by atoms with Crippen LogP contribution in [0.1, 0.15) is 23.1 Å². The van der Waals surface area contributed by atoms with Gasteiger partial charge in [0.15, 0.2) is 11.5 Å². The molecule has 8 nitrogen and oxygen atoms in total. The van der Waals surface area contributed by atoms with Crippen molar-refractivity contribution in [2.24, 2.45) is 0 Å². The fraction of sp³-hybridized carbons (Fsp3) is 0.105. The van der Waals surface area contributed by atoms with Crippen LogP contribution in [-0.2, 0) is 11.3 Å². The van der Waals surface area contributed by atoms with E-state index in [0.29, 0.717) is 18.1 Å². The number of hydrogen-bond donors (Lipinski definition) is 3. The fourth-order valence-corrected chi connectivity index (χ4v) is 2.27. The van der Waals surface area contributed by atoms with E-state index in [1.165, 1.54) is 6.92 Å². The van der Waals surface area contributed by atoms with Crippen molar-refractivity contribution in [1.82, 2.24) is 20.5 Å². The molecule has 2 amide bonds. The van der Waals surface area contributed by atoms with E-state index in [4.69, 9.17) is 0 Å². The first-order valence-corrected chi connectivity index (χ1v) is 8.27. The molecule has 0 spiro atoms. The number of hydrogen-bond acceptors (Lipinski definition) is 6. The van der Waals surface area contributed by atoms with Crippen LogP contribution in [0.5, 0.6) is 0 Å². The number of anilines is 3. The van der Waals surface area contributed by atoms with Gasteiger partial charge in [-0.05, 0) is 48.5 Å². The van der Waals surface area contributed by atoms with Crippen molar-refractivity contribution < 1.29 is 9.59 Å². The fourth-order valence-electron chi connectivity index (χ4n) is 2.27. The quantitative estimate of drug-likeness (QED) is 0.622. The first-order valence-electron chi connectivity index (χ1n) is 8.27. The maximum atomic E-state index is 12.1. The molecule has 1 aromatic carbocycles. The SMILES string of the molecule is CC(=O)Nc1ccc(Nc2ccc(C(=O)NCc3ccccn3)nn2)cc1. The van der Waals surface area contributed by atoms with Gasteiger partial charge in [-0.25, -0.2) is 0 Å². The highest BCUT2D eigenvalue weighted by Crippen LogP contribution is 2.17. The highest BCUT2D eigenvalue weighted by atomic mass is 16.2. The van der Waals surface area contributed by atoms with Gasteiger partial charge in [-0.3, -0.25) is 14.6 Å². The van der Waals surface area contributed by atoms with Gasteiger partial charge < -0.3 is 16.0 Å². The Balaban J connectivity index is 1.56. The van der Waals surface area contributed by atoms with E-state index in [1.54, 1.807) is 42.6 Å². The van der Waals surface area contributed by atoms with Crippen molar-refractivity contribution in [3.05, 3.63) is 72.2 Å². The first-order chi connectivity index (χ1) is 13.1. The molecule has 3 aromatic rings. The lowest BCUT2D eigenvalue weighted by atomic mass is 10.2. The topological polar surface area (TPSA) is 109 Å². The molecule has 0 aliphatic carbocycles. The summed E-state index contributed by atoms with van der Waals surface area (Å²) >= 11 is 0. The second kappa shape index (κ2) is 8.52. The summed E-state index contributed by atoms with van der Waals surface area (Å²) in [6.45, 7) is 1.78. The molecule has 8 heteroatoms. The molecule has 2 aromatic heterocycles. The number of nitrogens with one attached hydrogen (secondary N) is 3. The third-order valence-electron chi connectivity index (χ3n) is 3.53. The molecule has 0 aliphatic heterocycles. The van der Waals surface area contributed by atoms with Gasteiger partial charge >= 0.3 is 0 Å². The van der Waals surface area contributed by atoms with Crippen molar-refractivity contribution in [1.29, 1.82) is 0 Å². The number of carbonyl (C=O) groups is 2. The van der Waals surface area contributed by atoms with Gasteiger partial charge in [0.05, 0.1) is 12.2 Å². The highest BCUT2D eigenvalue weighted by Gasteiger charge is 2.08. The predicted molar refractivity (Wildman–Crippen MR) is 101 cm³/mol. The summed E-state index contributed by atoms with van der Waals surface area (Å²) < 4.78 is 0. The molecule has 0 radical (unpaired) electrons. The van der Waals surface area contributed by atoms with E-state index in [9.17, 15) is 9.59 Å². The van der Waals surface area contributed by atoms with Crippen LogP contribution in [0.2, 0.25) is 0 Å². The minimum Gasteiger partial charge on any atom is -0.345 e. The minimum atomic E-state index is -0.320. The third kappa shape index (κ3) is 5.33. The van der Waals surface area contributed by atoms with Crippen LogP contribution >= 0.6 is 0 Å². The Hall–Kier alpha value is -3.81. The molecule has 2 heterocycles. The average Bonchev–Trinajstić information content (AvgIpc) is 2.69. The van der Waals surface area contributed by atoms with Gasteiger partial charge in [0.2, 0.25) is 5.91 Å². The van der Waals surface area contributed by atoms with Crippen molar-refractivity contribution in [2.75, 3.05) is 10.6 Å². The zero-order valence-electron chi connectivity index (χ0n) is 14.6. The minimum absolute atomic E-state index is 0.126. The first kappa shape index (κ1) is 18.0. The molecule has 0 atom stereocenters. The maximum absolute atomic E-state index is 12.1. The molecule has 0 unspecified atom stereocenters. The zero-order valence-corrected chi connectivity index (χ0v) is 14.6. The van der Waals surface area contributed by atoms with Gasteiger partial charge in [0, 0.05) is 24.5 Å². The molecule has 0 saturated carbocycles. The summed E-state index contributed by atoms with van der Waals surface area (Å²) in [4.78, 5) is 27.3. The highest BCUT2D eigenvalue weighted by molar-refractivity contribution is 5.92. The van der Waals surface area contributed by atoms with Crippen LogP contribution in [0, 0.1) is 0 Å². The molecule has 3 rings (SSSR count). The summed E-state index contributed by atoms with van der Waals surface area (Å²) in [6.07, 6.45) is 1.67.